The van der Waals surface area contributed by atoms with Crippen LogP contribution in [0, 0.1) is 0 Å². The molecule has 0 aliphatic carbocycles. The number of nitrogens with one attached hydrogen (secondary N) is 1. The molecule has 2 heterocycles. The minimum Gasteiger partial charge on any atom is -0.459 e. The van der Waals surface area contributed by atoms with E-state index in [-0.39, 0.29) is 13.0 Å². The number of aldehydes is 1. The number of allylic oxidation sites excluding steroid dienone is 1. The third-order valence-corrected chi connectivity index (χ3v) is 5.60. The van der Waals surface area contributed by atoms with Crippen LogP contribution in [-0.4, -0.2) is 41.6 Å². The van der Waals surface area contributed by atoms with Gasteiger partial charge in [0.15, 0.2) is 6.23 Å². The van der Waals surface area contributed by atoms with E-state index in [1.54, 1.807) is 30.5 Å². The van der Waals surface area contributed by atoms with Gasteiger partial charge in [0, 0.05) is 18.3 Å². The maximum Gasteiger partial charge on any atom is 0.338 e. The van der Waals surface area contributed by atoms with Gasteiger partial charge in [0.05, 0.1) is 5.56 Å². The molecule has 0 unspecified atom stereocenters. The normalized spacial score (nSPS) is 22.0. The molecule has 0 spiro atoms. The van der Waals surface area contributed by atoms with Crippen molar-refractivity contribution >= 4 is 18.3 Å². The van der Waals surface area contributed by atoms with Crippen molar-refractivity contribution in [1.29, 1.82) is 0 Å². The van der Waals surface area contributed by atoms with E-state index in [1.165, 1.54) is 4.90 Å². The Morgan fingerprint density at radius 2 is 1.88 bits per heavy atom. The Bertz CT molecular complexity index is 1140. The summed E-state index contributed by atoms with van der Waals surface area (Å²) in [6, 6.07) is 16.5. The van der Waals surface area contributed by atoms with Gasteiger partial charge in [-0.15, -0.1) is 0 Å². The zero-order valence-corrected chi connectivity index (χ0v) is 18.2. The number of rotatable bonds is 7. The molecule has 2 aliphatic heterocycles. The first kappa shape index (κ1) is 22.2. The van der Waals surface area contributed by atoms with E-state index in [0.29, 0.717) is 17.5 Å². The summed E-state index contributed by atoms with van der Waals surface area (Å²) in [7, 11) is 0. The summed E-state index contributed by atoms with van der Waals surface area (Å²) in [6.07, 6.45) is 4.91. The van der Waals surface area contributed by atoms with E-state index in [0.717, 1.165) is 16.7 Å². The number of urea groups is 1. The Morgan fingerprint density at radius 1 is 1.18 bits per heavy atom. The Morgan fingerprint density at radius 3 is 2.58 bits per heavy atom. The molecule has 0 saturated carbocycles. The predicted molar refractivity (Wildman–Crippen MR) is 123 cm³/mol. The number of carbonyl (C=O) groups is 3. The van der Waals surface area contributed by atoms with Crippen molar-refractivity contribution in [3.05, 3.63) is 96.4 Å². The van der Waals surface area contributed by atoms with Crippen molar-refractivity contribution in [2.45, 2.75) is 25.2 Å². The molecule has 2 atom stereocenters. The number of nitrogens with zero attached hydrogens (tertiary/aromatic N) is 1. The van der Waals surface area contributed by atoms with Gasteiger partial charge in [0.2, 0.25) is 0 Å². The van der Waals surface area contributed by atoms with Gasteiger partial charge < -0.3 is 19.6 Å². The fourth-order valence-corrected chi connectivity index (χ4v) is 3.65. The van der Waals surface area contributed by atoms with Gasteiger partial charge in [-0.25, -0.2) is 9.59 Å². The molecule has 0 saturated heterocycles. The molecule has 7 nitrogen and oxygen atoms in total. The van der Waals surface area contributed by atoms with Crippen molar-refractivity contribution in [2.75, 3.05) is 6.61 Å². The van der Waals surface area contributed by atoms with Crippen molar-refractivity contribution in [2.24, 2.45) is 0 Å². The fraction of sp³-hybridized carbons (Fsp3) is 0.192. The Kier molecular flexibility index (Phi) is 6.24. The largest absolute Gasteiger partial charge is 0.459 e. The van der Waals surface area contributed by atoms with Crippen molar-refractivity contribution in [3.63, 3.8) is 0 Å². The van der Waals surface area contributed by atoms with Crippen LogP contribution in [0.15, 0.2) is 90.8 Å². The SMILES string of the molecule is C=C1NC(=O)N([C@H]2C=C[C@@](CC=O)(COC(=O)c3ccc(-c4ccccc4)cc3)O2)C=C1C. The number of hydrogen-bond donors (Lipinski definition) is 1. The predicted octanol–water partition coefficient (Wildman–Crippen LogP) is 4.19. The van der Waals surface area contributed by atoms with Crippen LogP contribution >= 0.6 is 0 Å². The summed E-state index contributed by atoms with van der Waals surface area (Å²) in [4.78, 5) is 37.7. The van der Waals surface area contributed by atoms with Crippen LogP contribution in [0.3, 0.4) is 0 Å². The Balaban J connectivity index is 1.42. The highest BCUT2D eigenvalue weighted by atomic mass is 16.6. The molecule has 168 valence electrons. The molecular formula is C26H24N2O5. The van der Waals surface area contributed by atoms with Gasteiger partial charge in [-0.3, -0.25) is 4.90 Å². The highest BCUT2D eigenvalue weighted by Crippen LogP contribution is 2.31. The standard InChI is InChI=1S/C26H24N2O5/c1-18-16-28(25(31)27-19(18)2)23-12-13-26(33-23,14-15-29)17-32-24(30)22-10-8-21(9-11-22)20-6-4-3-5-7-20/h3-13,15-16,23H,2,14,17H2,1H3,(H,27,31)/t23-,26-/m1/s1. The van der Waals surface area contributed by atoms with Gasteiger partial charge in [0.25, 0.3) is 0 Å². The molecule has 0 aromatic heterocycles. The number of benzene rings is 2. The number of ether oxygens (including phenoxy) is 2. The minimum absolute atomic E-state index is 0.0227. The van der Waals surface area contributed by atoms with Gasteiger partial charge in [-0.2, -0.15) is 0 Å². The van der Waals surface area contributed by atoms with E-state index in [4.69, 9.17) is 9.47 Å². The summed E-state index contributed by atoms with van der Waals surface area (Å²) >= 11 is 0. The summed E-state index contributed by atoms with van der Waals surface area (Å²) in [5.41, 5.74) is 2.58. The second kappa shape index (κ2) is 9.26. The van der Waals surface area contributed by atoms with Crippen molar-refractivity contribution < 1.29 is 23.9 Å². The summed E-state index contributed by atoms with van der Waals surface area (Å²) in [5, 5.41) is 2.66. The molecule has 0 bridgehead atoms. The second-order valence-electron chi connectivity index (χ2n) is 7.95. The van der Waals surface area contributed by atoms with Gasteiger partial charge in [-0.05, 0) is 47.9 Å². The Labute approximate surface area is 192 Å². The van der Waals surface area contributed by atoms with Crippen LogP contribution in [0.2, 0.25) is 0 Å². The third-order valence-electron chi connectivity index (χ3n) is 5.60. The average molecular weight is 444 g/mol. The lowest BCUT2D eigenvalue weighted by Gasteiger charge is -2.33. The molecule has 33 heavy (non-hydrogen) atoms. The van der Waals surface area contributed by atoms with E-state index in [2.05, 4.69) is 11.9 Å². The summed E-state index contributed by atoms with van der Waals surface area (Å²) in [6.45, 7) is 5.43. The third kappa shape index (κ3) is 4.78. The zero-order chi connectivity index (χ0) is 23.4. The molecule has 7 heteroatoms. The number of esters is 1. The molecule has 4 rings (SSSR count). The summed E-state index contributed by atoms with van der Waals surface area (Å²) < 4.78 is 11.5. The molecule has 2 aromatic carbocycles. The van der Waals surface area contributed by atoms with Crippen LogP contribution in [-0.2, 0) is 14.3 Å². The van der Waals surface area contributed by atoms with Crippen LogP contribution < -0.4 is 5.32 Å². The monoisotopic (exact) mass is 444 g/mol. The van der Waals surface area contributed by atoms with Crippen LogP contribution in [0.4, 0.5) is 4.79 Å². The van der Waals surface area contributed by atoms with Gasteiger partial charge in [-0.1, -0.05) is 49.0 Å². The molecule has 0 radical (unpaired) electrons. The van der Waals surface area contributed by atoms with Crippen molar-refractivity contribution in [3.8, 4) is 11.1 Å². The van der Waals surface area contributed by atoms with Crippen LogP contribution in [0.25, 0.3) is 11.1 Å². The van der Waals surface area contributed by atoms with E-state index in [9.17, 15) is 14.4 Å². The van der Waals surface area contributed by atoms with Crippen LogP contribution in [0.1, 0.15) is 23.7 Å². The number of amides is 2. The highest BCUT2D eigenvalue weighted by Gasteiger charge is 2.41. The van der Waals surface area contributed by atoms with Gasteiger partial charge >= 0.3 is 12.0 Å². The molecule has 2 amide bonds. The fourth-order valence-electron chi connectivity index (χ4n) is 3.65. The van der Waals surface area contributed by atoms with Crippen LogP contribution in [0.5, 0.6) is 0 Å². The first-order valence-corrected chi connectivity index (χ1v) is 10.5. The van der Waals surface area contributed by atoms with Gasteiger partial charge in [0.1, 0.15) is 18.5 Å². The maximum absolute atomic E-state index is 12.6. The highest BCUT2D eigenvalue weighted by molar-refractivity contribution is 5.90. The molecule has 1 N–H and O–H groups in total. The first-order valence-electron chi connectivity index (χ1n) is 10.5. The average Bonchev–Trinajstić information content (AvgIpc) is 3.25. The smallest absolute Gasteiger partial charge is 0.338 e. The Hall–Kier alpha value is -3.97. The minimum atomic E-state index is -1.15. The second-order valence-corrected chi connectivity index (χ2v) is 7.95. The zero-order valence-electron chi connectivity index (χ0n) is 18.2. The van der Waals surface area contributed by atoms with Crippen molar-refractivity contribution in [1.82, 2.24) is 10.2 Å². The molecule has 2 aromatic rings. The lowest BCUT2D eigenvalue weighted by atomic mass is 10.0. The lowest BCUT2D eigenvalue weighted by molar-refractivity contribution is -0.122. The number of carbonyl (C=O) groups excluding carboxylic acids is 3. The topological polar surface area (TPSA) is 84.9 Å². The van der Waals surface area contributed by atoms with E-state index < -0.39 is 23.8 Å². The van der Waals surface area contributed by atoms with E-state index >= 15 is 0 Å². The lowest BCUT2D eigenvalue weighted by Crippen LogP contribution is -2.47. The molecule has 2 aliphatic rings. The molecule has 0 fully saturated rings. The first-order chi connectivity index (χ1) is 15.9. The quantitative estimate of drug-likeness (QED) is 0.393. The number of hydrogen-bond acceptors (Lipinski definition) is 5. The maximum atomic E-state index is 12.6. The molecular weight excluding hydrogens is 420 g/mol. The van der Waals surface area contributed by atoms with E-state index in [1.807, 2.05) is 49.4 Å². The summed E-state index contributed by atoms with van der Waals surface area (Å²) in [5.74, 6) is -0.525.